The number of carbonyl (C=O) groups is 2. The minimum atomic E-state index is -0.150. The van der Waals surface area contributed by atoms with Crippen molar-refractivity contribution in [2.45, 2.75) is 71.8 Å². The van der Waals surface area contributed by atoms with Crippen molar-refractivity contribution in [1.29, 1.82) is 0 Å². The number of allylic oxidation sites excluding steroid dienone is 4. The summed E-state index contributed by atoms with van der Waals surface area (Å²) in [4.78, 5) is 23.3. The standard InChI is InChI=1S/C21H28O3/c1-13(22)24-19-7-6-17-16-5-4-14-12-15(23)8-10-20(14,2)18(16)9-11-21(17,19)3/h9,12,16-17,19H,4-8,10-11H2,1-3H3/t16-,17-,19?,20-,21-/m0/s1. The Morgan fingerprint density at radius 1 is 1.21 bits per heavy atom. The molecule has 0 heterocycles. The molecule has 1 unspecified atom stereocenters. The molecule has 0 N–H and O–H groups in total. The lowest BCUT2D eigenvalue weighted by molar-refractivity contribution is -0.153. The van der Waals surface area contributed by atoms with Crippen molar-refractivity contribution in [2.24, 2.45) is 22.7 Å². The molecule has 3 heteroatoms. The van der Waals surface area contributed by atoms with Crippen molar-refractivity contribution < 1.29 is 14.3 Å². The van der Waals surface area contributed by atoms with Crippen LogP contribution in [0.5, 0.6) is 0 Å². The van der Waals surface area contributed by atoms with E-state index in [1.165, 1.54) is 12.5 Å². The van der Waals surface area contributed by atoms with E-state index in [2.05, 4.69) is 19.9 Å². The number of hydrogen-bond donors (Lipinski definition) is 0. The first-order chi connectivity index (χ1) is 11.3. The van der Waals surface area contributed by atoms with Crippen LogP contribution in [0.2, 0.25) is 0 Å². The predicted octanol–water partition coefficient (Wildman–Crippen LogP) is 4.37. The summed E-state index contributed by atoms with van der Waals surface area (Å²) in [6.45, 7) is 6.20. The van der Waals surface area contributed by atoms with Crippen LogP contribution in [-0.2, 0) is 14.3 Å². The number of carbonyl (C=O) groups excluding carboxylic acids is 2. The van der Waals surface area contributed by atoms with Gasteiger partial charge < -0.3 is 4.74 Å². The maximum absolute atomic E-state index is 11.9. The Morgan fingerprint density at radius 2 is 2.00 bits per heavy atom. The molecule has 4 aliphatic carbocycles. The van der Waals surface area contributed by atoms with Gasteiger partial charge in [0.25, 0.3) is 0 Å². The zero-order valence-electron chi connectivity index (χ0n) is 15.1. The number of esters is 1. The van der Waals surface area contributed by atoms with E-state index < -0.39 is 0 Å². The lowest BCUT2D eigenvalue weighted by Gasteiger charge is -2.53. The second kappa shape index (κ2) is 5.31. The normalized spacial score (nSPS) is 44.0. The molecule has 0 aliphatic heterocycles. The molecule has 5 atom stereocenters. The molecule has 0 aromatic rings. The fourth-order valence-electron chi connectivity index (χ4n) is 6.20. The van der Waals surface area contributed by atoms with Gasteiger partial charge in [-0.3, -0.25) is 9.59 Å². The Morgan fingerprint density at radius 3 is 2.75 bits per heavy atom. The fraction of sp³-hybridized carbons (Fsp3) is 0.714. The summed E-state index contributed by atoms with van der Waals surface area (Å²) in [6.07, 6.45) is 11.5. The van der Waals surface area contributed by atoms with Crippen molar-refractivity contribution in [3.05, 3.63) is 23.3 Å². The van der Waals surface area contributed by atoms with Crippen LogP contribution in [0.1, 0.15) is 65.7 Å². The summed E-state index contributed by atoms with van der Waals surface area (Å²) < 4.78 is 5.69. The highest BCUT2D eigenvalue weighted by atomic mass is 16.5. The van der Waals surface area contributed by atoms with Gasteiger partial charge in [-0.1, -0.05) is 31.1 Å². The zero-order chi connectivity index (χ0) is 17.1. The van der Waals surface area contributed by atoms with Gasteiger partial charge in [0.15, 0.2) is 5.78 Å². The van der Waals surface area contributed by atoms with Crippen molar-refractivity contribution in [2.75, 3.05) is 0 Å². The van der Waals surface area contributed by atoms with Crippen molar-refractivity contribution in [1.82, 2.24) is 0 Å². The third-order valence-corrected chi connectivity index (χ3v) is 7.55. The van der Waals surface area contributed by atoms with Gasteiger partial charge in [-0.15, -0.1) is 0 Å². The van der Waals surface area contributed by atoms with E-state index in [1.54, 1.807) is 5.57 Å². The van der Waals surface area contributed by atoms with E-state index in [-0.39, 0.29) is 22.9 Å². The first-order valence-corrected chi connectivity index (χ1v) is 9.46. The molecule has 0 bridgehead atoms. The Bertz CT molecular complexity index is 658. The van der Waals surface area contributed by atoms with Crippen LogP contribution in [0.25, 0.3) is 0 Å². The fourth-order valence-corrected chi connectivity index (χ4v) is 6.20. The predicted molar refractivity (Wildman–Crippen MR) is 92.2 cm³/mol. The smallest absolute Gasteiger partial charge is 0.302 e. The van der Waals surface area contributed by atoms with E-state index >= 15 is 0 Å². The average Bonchev–Trinajstić information content (AvgIpc) is 2.84. The molecule has 4 rings (SSSR count). The van der Waals surface area contributed by atoms with E-state index in [0.29, 0.717) is 24.0 Å². The summed E-state index contributed by atoms with van der Waals surface area (Å²) in [6, 6.07) is 0. The van der Waals surface area contributed by atoms with E-state index in [9.17, 15) is 9.59 Å². The first kappa shape index (κ1) is 16.1. The molecule has 4 aliphatic rings. The minimum absolute atomic E-state index is 0.0653. The SMILES string of the molecule is CC(=O)OC1CC[C@H]2[C@@H]3CCC4=CC(=O)CC[C@]4(C)C3=CC[C@]12C. The molecule has 0 radical (unpaired) electrons. The quantitative estimate of drug-likeness (QED) is 0.530. The maximum Gasteiger partial charge on any atom is 0.302 e. The van der Waals surface area contributed by atoms with Crippen LogP contribution in [0, 0.1) is 22.7 Å². The van der Waals surface area contributed by atoms with Gasteiger partial charge in [0.1, 0.15) is 6.10 Å². The van der Waals surface area contributed by atoms with Crippen LogP contribution in [0.15, 0.2) is 23.3 Å². The molecule has 0 spiro atoms. The molecular weight excluding hydrogens is 300 g/mol. The number of hydrogen-bond acceptors (Lipinski definition) is 3. The summed E-state index contributed by atoms with van der Waals surface area (Å²) in [5.41, 5.74) is 3.12. The molecule has 0 amide bonds. The van der Waals surface area contributed by atoms with Crippen LogP contribution >= 0.6 is 0 Å². The van der Waals surface area contributed by atoms with Gasteiger partial charge in [-0.05, 0) is 56.4 Å². The topological polar surface area (TPSA) is 43.4 Å². The number of fused-ring (bicyclic) bond motifs is 5. The summed E-state index contributed by atoms with van der Waals surface area (Å²) >= 11 is 0. The third-order valence-electron chi connectivity index (χ3n) is 7.55. The second-order valence-electron chi connectivity index (χ2n) is 8.76. The molecule has 2 saturated carbocycles. The second-order valence-corrected chi connectivity index (χ2v) is 8.76. The molecule has 0 aromatic heterocycles. The minimum Gasteiger partial charge on any atom is -0.462 e. The Kier molecular flexibility index (Phi) is 3.56. The summed E-state index contributed by atoms with van der Waals surface area (Å²) in [5.74, 6) is 1.36. The lowest BCUT2D eigenvalue weighted by atomic mass is 9.52. The van der Waals surface area contributed by atoms with Gasteiger partial charge in [-0.25, -0.2) is 0 Å². The van der Waals surface area contributed by atoms with Gasteiger partial charge in [0.05, 0.1) is 0 Å². The van der Waals surface area contributed by atoms with Crippen molar-refractivity contribution in [3.8, 4) is 0 Å². The largest absolute Gasteiger partial charge is 0.462 e. The Labute approximate surface area is 144 Å². The highest BCUT2D eigenvalue weighted by Gasteiger charge is 2.56. The molecule has 0 saturated heterocycles. The summed E-state index contributed by atoms with van der Waals surface area (Å²) in [5, 5.41) is 0. The first-order valence-electron chi connectivity index (χ1n) is 9.46. The highest BCUT2D eigenvalue weighted by molar-refractivity contribution is 5.92. The molecule has 3 nitrogen and oxygen atoms in total. The zero-order valence-corrected chi connectivity index (χ0v) is 15.1. The van der Waals surface area contributed by atoms with Crippen LogP contribution in [0.4, 0.5) is 0 Å². The van der Waals surface area contributed by atoms with Gasteiger partial charge in [0, 0.05) is 24.2 Å². The van der Waals surface area contributed by atoms with E-state index in [0.717, 1.165) is 38.5 Å². The Hall–Kier alpha value is -1.38. The number of ether oxygens (including phenoxy) is 1. The Balaban J connectivity index is 1.69. The van der Waals surface area contributed by atoms with Crippen LogP contribution < -0.4 is 0 Å². The molecular formula is C21H28O3. The maximum atomic E-state index is 11.9. The number of ketones is 1. The van der Waals surface area contributed by atoms with Gasteiger partial charge >= 0.3 is 5.97 Å². The average molecular weight is 328 g/mol. The molecule has 24 heavy (non-hydrogen) atoms. The third kappa shape index (κ3) is 2.16. The highest BCUT2D eigenvalue weighted by Crippen LogP contribution is 2.63. The molecule has 130 valence electrons. The van der Waals surface area contributed by atoms with Crippen LogP contribution in [-0.4, -0.2) is 17.9 Å². The van der Waals surface area contributed by atoms with Gasteiger partial charge in [-0.2, -0.15) is 0 Å². The molecule has 2 fully saturated rings. The van der Waals surface area contributed by atoms with Crippen molar-refractivity contribution >= 4 is 11.8 Å². The van der Waals surface area contributed by atoms with Crippen molar-refractivity contribution in [3.63, 3.8) is 0 Å². The van der Waals surface area contributed by atoms with E-state index in [4.69, 9.17) is 4.74 Å². The van der Waals surface area contributed by atoms with E-state index in [1.807, 2.05) is 6.08 Å². The summed E-state index contributed by atoms with van der Waals surface area (Å²) in [7, 11) is 0. The van der Waals surface area contributed by atoms with Gasteiger partial charge in [0.2, 0.25) is 0 Å². The number of rotatable bonds is 1. The lowest BCUT2D eigenvalue weighted by Crippen LogP contribution is -2.46. The molecule has 0 aromatic carbocycles. The monoisotopic (exact) mass is 328 g/mol. The van der Waals surface area contributed by atoms with Crippen LogP contribution in [0.3, 0.4) is 0 Å².